The Morgan fingerprint density at radius 3 is 2.28 bits per heavy atom. The lowest BCUT2D eigenvalue weighted by atomic mass is 9.96. The summed E-state index contributed by atoms with van der Waals surface area (Å²) in [6.45, 7) is 1.99. The number of ether oxygens (including phenoxy) is 1. The van der Waals surface area contributed by atoms with Gasteiger partial charge in [-0.3, -0.25) is 19.3 Å². The summed E-state index contributed by atoms with van der Waals surface area (Å²) >= 11 is 0. The number of rotatable bonds is 7. The molecular formula is C34H29F2N7O4. The molecule has 0 radical (unpaired) electrons. The minimum Gasteiger partial charge on any atom is -0.482 e. The first-order valence-electron chi connectivity index (χ1n) is 15.0. The summed E-state index contributed by atoms with van der Waals surface area (Å²) in [5, 5.41) is 5.58. The Morgan fingerprint density at radius 2 is 1.60 bits per heavy atom. The normalized spacial score (nSPS) is 14.9. The maximum absolute atomic E-state index is 13.7. The molecule has 0 unspecified atom stereocenters. The zero-order chi connectivity index (χ0) is 32.5. The van der Waals surface area contributed by atoms with E-state index in [4.69, 9.17) is 4.74 Å². The van der Waals surface area contributed by atoms with E-state index in [1.165, 1.54) is 36.8 Å². The summed E-state index contributed by atoms with van der Waals surface area (Å²) in [7, 11) is 0. The summed E-state index contributed by atoms with van der Waals surface area (Å²) in [6, 6.07) is 17.5. The first-order chi connectivity index (χ1) is 22.8. The average Bonchev–Trinajstić information content (AvgIpc) is 3.53. The van der Waals surface area contributed by atoms with Crippen LogP contribution < -0.4 is 15.4 Å². The van der Waals surface area contributed by atoms with Crippen molar-refractivity contribution in [1.29, 1.82) is 0 Å². The van der Waals surface area contributed by atoms with Crippen molar-refractivity contribution >= 4 is 34.4 Å². The molecule has 2 aliphatic rings. The highest BCUT2D eigenvalue weighted by molar-refractivity contribution is 6.10. The number of anilines is 1. The number of carbonyl (C=O) groups is 3. The van der Waals surface area contributed by atoms with Crippen LogP contribution in [0.25, 0.3) is 11.0 Å². The number of aromatic nitrogens is 3. The Labute approximate surface area is 267 Å². The smallest absolute Gasteiger partial charge is 0.272 e. The van der Waals surface area contributed by atoms with Gasteiger partial charge in [-0.2, -0.15) is 0 Å². The van der Waals surface area contributed by atoms with Crippen LogP contribution >= 0.6 is 0 Å². The van der Waals surface area contributed by atoms with Gasteiger partial charge < -0.3 is 25.3 Å². The van der Waals surface area contributed by atoms with Crippen LogP contribution in [0.3, 0.4) is 0 Å². The van der Waals surface area contributed by atoms with Crippen LogP contribution in [0.2, 0.25) is 0 Å². The number of carbonyl (C=O) groups excluding carboxylic acids is 3. The van der Waals surface area contributed by atoms with E-state index in [1.54, 1.807) is 47.4 Å². The molecule has 0 atom stereocenters. The highest BCUT2D eigenvalue weighted by atomic mass is 19.1. The molecule has 0 saturated carbocycles. The highest BCUT2D eigenvalue weighted by Gasteiger charge is 2.30. The maximum atomic E-state index is 13.7. The standard InChI is InChI=1S/C34H29F2N7O4/c35-23-6-2-21(3-7-23)32(22-4-8-24(36)9-5-22)42-11-13-43(14-12-42)34(46)25-17-37-30-29(25)39-19-40-31(30)33(45)38-16-20-1-10-27-26(15-20)41-28(44)18-47-27/h1-10,15,17,19,32,37H,11-14,16,18H2,(H,38,45)(H,41,44). The molecule has 3 amide bonds. The van der Waals surface area contributed by atoms with E-state index in [-0.39, 0.29) is 48.3 Å². The van der Waals surface area contributed by atoms with Gasteiger partial charge in [0.25, 0.3) is 17.7 Å². The van der Waals surface area contributed by atoms with E-state index < -0.39 is 5.91 Å². The molecule has 13 heteroatoms. The van der Waals surface area contributed by atoms with E-state index in [9.17, 15) is 23.2 Å². The van der Waals surface area contributed by atoms with Crippen LogP contribution in [0.15, 0.2) is 79.3 Å². The topological polar surface area (TPSA) is 133 Å². The lowest BCUT2D eigenvalue weighted by molar-refractivity contribution is -0.118. The fourth-order valence-electron chi connectivity index (χ4n) is 6.04. The number of fused-ring (bicyclic) bond motifs is 2. The zero-order valence-corrected chi connectivity index (χ0v) is 25.0. The fourth-order valence-corrected chi connectivity index (χ4v) is 6.04. The van der Waals surface area contributed by atoms with Crippen molar-refractivity contribution in [1.82, 2.24) is 30.1 Å². The minimum atomic E-state index is -0.461. The van der Waals surface area contributed by atoms with Crippen LogP contribution in [0.4, 0.5) is 14.5 Å². The largest absolute Gasteiger partial charge is 0.482 e. The van der Waals surface area contributed by atoms with Gasteiger partial charge >= 0.3 is 0 Å². The highest BCUT2D eigenvalue weighted by Crippen LogP contribution is 2.31. The van der Waals surface area contributed by atoms with Crippen molar-refractivity contribution in [3.63, 3.8) is 0 Å². The third-order valence-corrected chi connectivity index (χ3v) is 8.38. The lowest BCUT2D eigenvalue weighted by Gasteiger charge is -2.39. The van der Waals surface area contributed by atoms with Crippen LogP contribution in [0, 0.1) is 11.6 Å². The number of nitrogens with zero attached hydrogens (tertiary/aromatic N) is 4. The van der Waals surface area contributed by atoms with Gasteiger partial charge in [0, 0.05) is 38.9 Å². The number of nitrogens with one attached hydrogen (secondary N) is 3. The molecule has 238 valence electrons. The summed E-state index contributed by atoms with van der Waals surface area (Å²) < 4.78 is 32.8. The maximum Gasteiger partial charge on any atom is 0.272 e. The molecule has 3 N–H and O–H groups in total. The number of hydrogen-bond donors (Lipinski definition) is 3. The Hall–Kier alpha value is -5.69. The van der Waals surface area contributed by atoms with Gasteiger partial charge in [0.15, 0.2) is 12.3 Å². The van der Waals surface area contributed by atoms with Crippen molar-refractivity contribution in [2.75, 3.05) is 38.1 Å². The molecular weight excluding hydrogens is 608 g/mol. The van der Waals surface area contributed by atoms with Crippen LogP contribution in [0.1, 0.15) is 43.6 Å². The molecule has 2 aliphatic heterocycles. The summed E-state index contributed by atoms with van der Waals surface area (Å²) in [5.74, 6) is -1.07. The molecule has 4 heterocycles. The Morgan fingerprint density at radius 1 is 0.915 bits per heavy atom. The third-order valence-electron chi connectivity index (χ3n) is 8.38. The van der Waals surface area contributed by atoms with E-state index in [0.717, 1.165) is 16.7 Å². The van der Waals surface area contributed by atoms with Crippen LogP contribution in [-0.2, 0) is 11.3 Å². The molecule has 3 aromatic carbocycles. The van der Waals surface area contributed by atoms with Gasteiger partial charge in [-0.15, -0.1) is 0 Å². The summed E-state index contributed by atoms with van der Waals surface area (Å²) in [5.41, 5.74) is 4.10. The minimum absolute atomic E-state index is 0.0425. The van der Waals surface area contributed by atoms with Crippen molar-refractivity contribution in [2.45, 2.75) is 12.6 Å². The van der Waals surface area contributed by atoms with Crippen LogP contribution in [0.5, 0.6) is 5.75 Å². The average molecular weight is 638 g/mol. The predicted molar refractivity (Wildman–Crippen MR) is 168 cm³/mol. The van der Waals surface area contributed by atoms with Crippen LogP contribution in [-0.4, -0.2) is 75.3 Å². The van der Waals surface area contributed by atoms with Crippen molar-refractivity contribution < 1.29 is 27.9 Å². The van der Waals surface area contributed by atoms with Crippen molar-refractivity contribution in [2.24, 2.45) is 0 Å². The number of benzene rings is 3. The Bertz CT molecular complexity index is 1930. The van der Waals surface area contributed by atoms with Gasteiger partial charge in [-0.05, 0) is 53.1 Å². The van der Waals surface area contributed by atoms with E-state index in [1.807, 2.05) is 0 Å². The quantitative estimate of drug-likeness (QED) is 0.245. The van der Waals surface area contributed by atoms with Crippen molar-refractivity contribution in [3.05, 3.63) is 119 Å². The van der Waals surface area contributed by atoms with Gasteiger partial charge in [-0.25, -0.2) is 18.7 Å². The van der Waals surface area contributed by atoms with E-state index >= 15 is 0 Å². The first-order valence-corrected chi connectivity index (χ1v) is 15.0. The third kappa shape index (κ3) is 6.12. The zero-order valence-electron chi connectivity index (χ0n) is 25.0. The molecule has 1 fully saturated rings. The number of piperazine rings is 1. The molecule has 0 spiro atoms. The van der Waals surface area contributed by atoms with Gasteiger partial charge in [0.05, 0.1) is 22.8 Å². The number of aromatic amines is 1. The molecule has 11 nitrogen and oxygen atoms in total. The number of H-pyrrole nitrogens is 1. The molecule has 5 aromatic rings. The second-order valence-corrected chi connectivity index (χ2v) is 11.3. The Balaban J connectivity index is 1.04. The molecule has 0 bridgehead atoms. The molecule has 47 heavy (non-hydrogen) atoms. The van der Waals surface area contributed by atoms with E-state index in [0.29, 0.717) is 54.2 Å². The second-order valence-electron chi connectivity index (χ2n) is 11.3. The van der Waals surface area contributed by atoms with Gasteiger partial charge in [0.2, 0.25) is 0 Å². The fraction of sp³-hybridized carbons (Fsp3) is 0.206. The first kappa shape index (κ1) is 30.0. The van der Waals surface area contributed by atoms with Gasteiger partial charge in [0.1, 0.15) is 29.2 Å². The Kier molecular flexibility index (Phi) is 8.04. The molecule has 2 aromatic heterocycles. The predicted octanol–water partition coefficient (Wildman–Crippen LogP) is 4.04. The molecule has 0 aliphatic carbocycles. The van der Waals surface area contributed by atoms with Crippen molar-refractivity contribution in [3.8, 4) is 5.75 Å². The molecule has 1 saturated heterocycles. The molecule has 7 rings (SSSR count). The van der Waals surface area contributed by atoms with Gasteiger partial charge in [-0.1, -0.05) is 30.3 Å². The SMILES string of the molecule is O=C1COc2ccc(CNC(=O)c3ncnc4c(C(=O)N5CCN(C(c6ccc(F)cc6)c6ccc(F)cc6)CC5)c[nH]c34)cc2N1. The number of hydrogen-bond acceptors (Lipinski definition) is 7. The lowest BCUT2D eigenvalue weighted by Crippen LogP contribution is -2.49. The summed E-state index contributed by atoms with van der Waals surface area (Å²) in [6.07, 6.45) is 2.79. The second kappa shape index (κ2) is 12.6. The number of halogens is 2. The number of amides is 3. The monoisotopic (exact) mass is 637 g/mol. The summed E-state index contributed by atoms with van der Waals surface area (Å²) in [4.78, 5) is 53.9. The van der Waals surface area contributed by atoms with E-state index in [2.05, 4.69) is 30.5 Å².